The van der Waals surface area contributed by atoms with E-state index in [-0.39, 0.29) is 10.6 Å². The molecule has 0 atom stereocenters. The molecule has 0 radical (unpaired) electrons. The van der Waals surface area contributed by atoms with Gasteiger partial charge in [-0.2, -0.15) is 0 Å². The van der Waals surface area contributed by atoms with Gasteiger partial charge in [-0.05, 0) is 55.3 Å². The number of benzene rings is 1. The van der Waals surface area contributed by atoms with Crippen molar-refractivity contribution in [1.29, 1.82) is 0 Å². The average Bonchev–Trinajstić information content (AvgIpc) is 3.63. The number of nitrogens with one attached hydrogen (secondary N) is 1. The zero-order valence-corrected chi connectivity index (χ0v) is 20.2. The molecule has 10 heteroatoms. The Morgan fingerprint density at radius 2 is 1.94 bits per heavy atom. The first kappa shape index (κ1) is 22.0. The van der Waals surface area contributed by atoms with E-state index >= 15 is 0 Å². The van der Waals surface area contributed by atoms with E-state index in [4.69, 9.17) is 9.97 Å². The quantitative estimate of drug-likeness (QED) is 0.328. The topological polar surface area (TPSA) is 118 Å². The Bertz CT molecular complexity index is 1670. The van der Waals surface area contributed by atoms with Crippen molar-refractivity contribution in [2.75, 3.05) is 17.7 Å². The summed E-state index contributed by atoms with van der Waals surface area (Å²) in [5.74, 6) is 0.570. The summed E-state index contributed by atoms with van der Waals surface area (Å²) in [4.78, 5) is 18.3. The summed E-state index contributed by atoms with van der Waals surface area (Å²) in [7, 11) is -3.75. The van der Waals surface area contributed by atoms with Crippen LogP contribution in [0.15, 0.2) is 66.0 Å². The number of fused-ring (bicyclic) bond motifs is 2. The predicted molar refractivity (Wildman–Crippen MR) is 137 cm³/mol. The minimum atomic E-state index is -3.75. The maximum Gasteiger partial charge on any atom is 0.181 e. The van der Waals surface area contributed by atoms with Crippen molar-refractivity contribution in [3.05, 3.63) is 66.1 Å². The number of aliphatic hydroxyl groups is 1. The summed E-state index contributed by atoms with van der Waals surface area (Å²) in [6.45, 7) is -0.471. The van der Waals surface area contributed by atoms with Gasteiger partial charge in [-0.25, -0.2) is 18.4 Å². The van der Waals surface area contributed by atoms with Crippen LogP contribution in [0.4, 0.5) is 11.5 Å². The normalized spacial score (nSPS) is 14.0. The summed E-state index contributed by atoms with van der Waals surface area (Å²) >= 11 is 1.69. The Labute approximate surface area is 205 Å². The standard InChI is InChI=1S/C25H21N5O3S2/c31-10-11-35(32,33)22-7-9-27-20-13-19(16-2-1-8-26-14-16)29-24(23(20)22)28-17-5-6-18-21(12-17)34-25(30-18)15-3-4-15/h1-2,5-9,12-15,31H,3-4,10-11H2,(H,28,29). The van der Waals surface area contributed by atoms with Crippen LogP contribution in [0.3, 0.4) is 0 Å². The fourth-order valence-electron chi connectivity index (χ4n) is 4.05. The Morgan fingerprint density at radius 1 is 1.06 bits per heavy atom. The van der Waals surface area contributed by atoms with Crippen molar-refractivity contribution in [1.82, 2.24) is 19.9 Å². The van der Waals surface area contributed by atoms with Gasteiger partial charge < -0.3 is 10.4 Å². The number of sulfone groups is 1. The lowest BCUT2D eigenvalue weighted by atomic mass is 10.1. The first-order valence-electron chi connectivity index (χ1n) is 11.2. The van der Waals surface area contributed by atoms with Gasteiger partial charge in [0, 0.05) is 35.8 Å². The van der Waals surface area contributed by atoms with E-state index in [0.717, 1.165) is 21.5 Å². The molecule has 1 aliphatic carbocycles. The zero-order chi connectivity index (χ0) is 24.0. The number of aliphatic hydroxyl groups excluding tert-OH is 1. The second-order valence-corrected chi connectivity index (χ2v) is 11.6. The van der Waals surface area contributed by atoms with Crippen molar-refractivity contribution >= 4 is 53.8 Å². The van der Waals surface area contributed by atoms with E-state index in [9.17, 15) is 13.5 Å². The number of hydrogen-bond acceptors (Lipinski definition) is 9. The monoisotopic (exact) mass is 503 g/mol. The Balaban J connectivity index is 1.52. The molecule has 0 spiro atoms. The fraction of sp³-hybridized carbons (Fsp3) is 0.200. The van der Waals surface area contributed by atoms with Crippen LogP contribution in [-0.4, -0.2) is 45.8 Å². The minimum Gasteiger partial charge on any atom is -0.395 e. The molecule has 5 aromatic rings. The van der Waals surface area contributed by atoms with Gasteiger partial charge in [-0.15, -0.1) is 11.3 Å². The fourth-order valence-corrected chi connectivity index (χ4v) is 6.47. The van der Waals surface area contributed by atoms with Gasteiger partial charge in [0.25, 0.3) is 0 Å². The average molecular weight is 504 g/mol. The second-order valence-electron chi connectivity index (χ2n) is 8.48. The molecular formula is C25H21N5O3S2. The van der Waals surface area contributed by atoms with Crippen LogP contribution < -0.4 is 5.32 Å². The van der Waals surface area contributed by atoms with E-state index in [2.05, 4.69) is 15.3 Å². The maximum atomic E-state index is 13.0. The number of aromatic nitrogens is 4. The van der Waals surface area contributed by atoms with Gasteiger partial charge in [0.1, 0.15) is 5.82 Å². The van der Waals surface area contributed by atoms with Crippen LogP contribution >= 0.6 is 11.3 Å². The number of anilines is 2. The molecule has 1 fully saturated rings. The lowest BCUT2D eigenvalue weighted by Gasteiger charge is -2.14. The van der Waals surface area contributed by atoms with Crippen LogP contribution in [0.25, 0.3) is 32.4 Å². The molecule has 1 saturated carbocycles. The first-order chi connectivity index (χ1) is 17.0. The molecule has 176 valence electrons. The largest absolute Gasteiger partial charge is 0.395 e. The predicted octanol–water partition coefficient (Wildman–Crippen LogP) is 4.69. The summed E-state index contributed by atoms with van der Waals surface area (Å²) in [5, 5.41) is 14.2. The third-order valence-corrected chi connectivity index (χ3v) is 8.84. The molecule has 8 nitrogen and oxygen atoms in total. The minimum absolute atomic E-state index is 0.0826. The molecule has 4 heterocycles. The summed E-state index contributed by atoms with van der Waals surface area (Å²) in [6.07, 6.45) is 7.24. The molecule has 1 aliphatic rings. The van der Waals surface area contributed by atoms with E-state index in [1.807, 2.05) is 30.3 Å². The molecule has 0 bridgehead atoms. The molecule has 1 aromatic carbocycles. The number of rotatable bonds is 7. The highest BCUT2D eigenvalue weighted by Crippen LogP contribution is 2.43. The third kappa shape index (κ3) is 4.24. The number of hydrogen-bond donors (Lipinski definition) is 2. The Kier molecular flexibility index (Phi) is 5.43. The third-order valence-electron chi connectivity index (χ3n) is 5.93. The van der Waals surface area contributed by atoms with E-state index < -0.39 is 16.4 Å². The van der Waals surface area contributed by atoms with Crippen molar-refractivity contribution in [3.8, 4) is 11.3 Å². The molecule has 0 aliphatic heterocycles. The van der Waals surface area contributed by atoms with Gasteiger partial charge in [0.05, 0.1) is 49.1 Å². The van der Waals surface area contributed by atoms with Crippen LogP contribution in [-0.2, 0) is 9.84 Å². The Morgan fingerprint density at radius 3 is 2.71 bits per heavy atom. The SMILES string of the molecule is O=S(=O)(CCO)c1ccnc2cc(-c3cccnc3)nc(Nc3ccc4nc(C5CC5)sc4c3)c12. The van der Waals surface area contributed by atoms with Crippen molar-refractivity contribution in [2.24, 2.45) is 0 Å². The van der Waals surface area contributed by atoms with E-state index in [0.29, 0.717) is 28.3 Å². The smallest absolute Gasteiger partial charge is 0.181 e. The Hall–Kier alpha value is -3.47. The van der Waals surface area contributed by atoms with Crippen LogP contribution in [0.5, 0.6) is 0 Å². The molecule has 6 rings (SSSR count). The van der Waals surface area contributed by atoms with Crippen LogP contribution in [0.1, 0.15) is 23.8 Å². The van der Waals surface area contributed by atoms with Gasteiger partial charge in [-0.3, -0.25) is 9.97 Å². The number of nitrogens with zero attached hydrogens (tertiary/aromatic N) is 4. The molecular weight excluding hydrogens is 482 g/mol. The summed E-state index contributed by atoms with van der Waals surface area (Å²) in [6, 6.07) is 12.8. The number of pyridine rings is 3. The molecule has 4 aromatic heterocycles. The van der Waals surface area contributed by atoms with Gasteiger partial charge in [-0.1, -0.05) is 0 Å². The molecule has 0 amide bonds. The van der Waals surface area contributed by atoms with Crippen LogP contribution in [0, 0.1) is 0 Å². The highest BCUT2D eigenvalue weighted by molar-refractivity contribution is 7.91. The van der Waals surface area contributed by atoms with E-state index in [1.54, 1.807) is 29.8 Å². The summed E-state index contributed by atoms with van der Waals surface area (Å²) < 4.78 is 27.1. The molecule has 0 unspecified atom stereocenters. The maximum absolute atomic E-state index is 13.0. The van der Waals surface area contributed by atoms with Crippen molar-refractivity contribution in [2.45, 2.75) is 23.7 Å². The number of thiazole rings is 1. The summed E-state index contributed by atoms with van der Waals surface area (Å²) in [5.41, 5.74) is 3.62. The highest BCUT2D eigenvalue weighted by Gasteiger charge is 2.27. The lowest BCUT2D eigenvalue weighted by Crippen LogP contribution is -2.12. The second kappa shape index (κ2) is 8.63. The van der Waals surface area contributed by atoms with E-state index in [1.165, 1.54) is 30.1 Å². The first-order valence-corrected chi connectivity index (χ1v) is 13.7. The lowest BCUT2D eigenvalue weighted by molar-refractivity contribution is 0.319. The zero-order valence-electron chi connectivity index (χ0n) is 18.5. The molecule has 0 saturated heterocycles. The van der Waals surface area contributed by atoms with Gasteiger partial charge in [0.15, 0.2) is 9.84 Å². The van der Waals surface area contributed by atoms with Crippen molar-refractivity contribution < 1.29 is 13.5 Å². The molecule has 2 N–H and O–H groups in total. The van der Waals surface area contributed by atoms with Gasteiger partial charge in [0.2, 0.25) is 0 Å². The van der Waals surface area contributed by atoms with Gasteiger partial charge >= 0.3 is 0 Å². The molecule has 35 heavy (non-hydrogen) atoms. The van der Waals surface area contributed by atoms with Crippen LogP contribution in [0.2, 0.25) is 0 Å². The van der Waals surface area contributed by atoms with Crippen molar-refractivity contribution in [3.63, 3.8) is 0 Å². The highest BCUT2D eigenvalue weighted by atomic mass is 32.2.